The number of rotatable bonds is 4. The lowest BCUT2D eigenvalue weighted by atomic mass is 9.81. The molecule has 17 heavy (non-hydrogen) atoms. The minimum atomic E-state index is -0.00243. The molecule has 1 aliphatic heterocycles. The highest BCUT2D eigenvalue weighted by atomic mass is 16.5. The fourth-order valence-corrected chi connectivity index (χ4v) is 3.87. The van der Waals surface area contributed by atoms with Crippen LogP contribution in [-0.2, 0) is 4.74 Å². The van der Waals surface area contributed by atoms with Crippen LogP contribution >= 0.6 is 0 Å². The van der Waals surface area contributed by atoms with Crippen LogP contribution in [0.3, 0.4) is 0 Å². The van der Waals surface area contributed by atoms with E-state index in [0.29, 0.717) is 5.92 Å². The van der Waals surface area contributed by atoms with Crippen molar-refractivity contribution in [1.82, 2.24) is 0 Å². The maximum Gasteiger partial charge on any atom is 0.0685 e. The van der Waals surface area contributed by atoms with E-state index >= 15 is 0 Å². The molecule has 2 saturated carbocycles. The van der Waals surface area contributed by atoms with Crippen molar-refractivity contribution in [3.63, 3.8) is 0 Å². The molecule has 2 heteroatoms. The largest absolute Gasteiger partial charge is 0.393 e. The van der Waals surface area contributed by atoms with Crippen molar-refractivity contribution in [2.75, 3.05) is 6.61 Å². The fourth-order valence-electron chi connectivity index (χ4n) is 3.87. The molecule has 0 radical (unpaired) electrons. The molecule has 2 nitrogen and oxygen atoms in total. The van der Waals surface area contributed by atoms with E-state index in [0.717, 1.165) is 18.9 Å². The van der Waals surface area contributed by atoms with E-state index in [1.54, 1.807) is 0 Å². The molecule has 3 fully saturated rings. The van der Waals surface area contributed by atoms with E-state index in [-0.39, 0.29) is 11.7 Å². The second-order valence-electron chi connectivity index (χ2n) is 6.58. The first-order valence-corrected chi connectivity index (χ1v) is 7.59. The Labute approximate surface area is 105 Å². The summed E-state index contributed by atoms with van der Waals surface area (Å²) < 4.78 is 6.06. The average Bonchev–Trinajstić information content (AvgIpc) is 3.10. The number of ether oxygens (including phenoxy) is 1. The lowest BCUT2D eigenvalue weighted by Crippen LogP contribution is -2.37. The Bertz CT molecular complexity index is 254. The Morgan fingerprint density at radius 3 is 2.65 bits per heavy atom. The van der Waals surface area contributed by atoms with Crippen LogP contribution in [-0.4, -0.2) is 23.4 Å². The summed E-state index contributed by atoms with van der Waals surface area (Å²) in [5, 5.41) is 9.95. The second kappa shape index (κ2) is 4.89. The van der Waals surface area contributed by atoms with Crippen molar-refractivity contribution < 1.29 is 9.84 Å². The number of hydrogen-bond acceptors (Lipinski definition) is 2. The summed E-state index contributed by atoms with van der Waals surface area (Å²) in [7, 11) is 0. The van der Waals surface area contributed by atoms with E-state index in [1.165, 1.54) is 57.8 Å². The van der Waals surface area contributed by atoms with Gasteiger partial charge in [-0.25, -0.2) is 0 Å². The number of hydrogen-bond donors (Lipinski definition) is 1. The van der Waals surface area contributed by atoms with Gasteiger partial charge in [-0.1, -0.05) is 12.8 Å². The molecule has 0 aromatic carbocycles. The molecule has 3 rings (SSSR count). The first kappa shape index (κ1) is 12.0. The predicted octanol–water partition coefficient (Wildman–Crippen LogP) is 3.28. The lowest BCUT2D eigenvalue weighted by Gasteiger charge is -2.38. The monoisotopic (exact) mass is 238 g/mol. The van der Waals surface area contributed by atoms with Crippen LogP contribution in [0.4, 0.5) is 0 Å². The van der Waals surface area contributed by atoms with Gasteiger partial charge in [-0.15, -0.1) is 0 Å². The molecule has 2 atom stereocenters. The minimum absolute atomic E-state index is 0.00243. The first-order valence-electron chi connectivity index (χ1n) is 7.59. The van der Waals surface area contributed by atoms with Crippen LogP contribution in [0.2, 0.25) is 0 Å². The molecule has 1 spiro atoms. The lowest BCUT2D eigenvalue weighted by molar-refractivity contribution is -0.0950. The molecule has 0 aromatic heterocycles. The van der Waals surface area contributed by atoms with Crippen molar-refractivity contribution in [2.24, 2.45) is 11.8 Å². The Kier molecular flexibility index (Phi) is 3.45. The minimum Gasteiger partial charge on any atom is -0.393 e. The average molecular weight is 238 g/mol. The van der Waals surface area contributed by atoms with Gasteiger partial charge in [-0.3, -0.25) is 0 Å². The third-order valence-electron chi connectivity index (χ3n) is 5.15. The zero-order chi connectivity index (χ0) is 11.7. The van der Waals surface area contributed by atoms with Gasteiger partial charge in [0.2, 0.25) is 0 Å². The third-order valence-corrected chi connectivity index (χ3v) is 5.15. The second-order valence-corrected chi connectivity index (χ2v) is 6.58. The quantitative estimate of drug-likeness (QED) is 0.814. The summed E-state index contributed by atoms with van der Waals surface area (Å²) in [6.07, 6.45) is 12.6. The number of aliphatic hydroxyl groups excluding tert-OH is 1. The van der Waals surface area contributed by atoms with E-state index in [9.17, 15) is 5.11 Å². The van der Waals surface area contributed by atoms with Gasteiger partial charge in [0.25, 0.3) is 0 Å². The van der Waals surface area contributed by atoms with E-state index < -0.39 is 0 Å². The van der Waals surface area contributed by atoms with Gasteiger partial charge in [-0.05, 0) is 63.2 Å². The highest BCUT2D eigenvalue weighted by Gasteiger charge is 2.40. The van der Waals surface area contributed by atoms with Gasteiger partial charge in [0.1, 0.15) is 0 Å². The SMILES string of the molecule is OC(CCC1CCOC2(CCCC2)C1)C1CC1. The zero-order valence-corrected chi connectivity index (χ0v) is 10.9. The normalized spacial score (nSPS) is 34.1. The molecule has 1 N–H and O–H groups in total. The highest BCUT2D eigenvalue weighted by Crippen LogP contribution is 2.43. The summed E-state index contributed by atoms with van der Waals surface area (Å²) in [6, 6.07) is 0. The molecule has 0 aromatic rings. The maximum atomic E-state index is 9.95. The van der Waals surface area contributed by atoms with Crippen molar-refractivity contribution >= 4 is 0 Å². The Morgan fingerprint density at radius 1 is 1.18 bits per heavy atom. The predicted molar refractivity (Wildman–Crippen MR) is 67.8 cm³/mol. The first-order chi connectivity index (χ1) is 8.27. The molecule has 3 aliphatic rings. The summed E-state index contributed by atoms with van der Waals surface area (Å²) in [5.74, 6) is 1.46. The molecule has 2 aliphatic carbocycles. The molecule has 1 heterocycles. The van der Waals surface area contributed by atoms with Crippen molar-refractivity contribution in [3.05, 3.63) is 0 Å². The summed E-state index contributed by atoms with van der Waals surface area (Å²) >= 11 is 0. The van der Waals surface area contributed by atoms with Crippen LogP contribution < -0.4 is 0 Å². The molecule has 98 valence electrons. The van der Waals surface area contributed by atoms with Gasteiger partial charge < -0.3 is 9.84 Å². The van der Waals surface area contributed by atoms with Crippen LogP contribution in [0.25, 0.3) is 0 Å². The van der Waals surface area contributed by atoms with E-state index in [2.05, 4.69) is 0 Å². The molecular formula is C15H26O2. The Balaban J connectivity index is 1.46. The molecule has 0 bridgehead atoms. The summed E-state index contributed by atoms with van der Waals surface area (Å²) in [5.41, 5.74) is 0.257. The third kappa shape index (κ3) is 2.85. The van der Waals surface area contributed by atoms with Crippen LogP contribution in [0.15, 0.2) is 0 Å². The highest BCUT2D eigenvalue weighted by molar-refractivity contribution is 4.91. The van der Waals surface area contributed by atoms with Gasteiger partial charge in [0.15, 0.2) is 0 Å². The molecule has 2 unspecified atom stereocenters. The van der Waals surface area contributed by atoms with E-state index in [4.69, 9.17) is 4.74 Å². The van der Waals surface area contributed by atoms with Gasteiger partial charge >= 0.3 is 0 Å². The Hall–Kier alpha value is -0.0800. The van der Waals surface area contributed by atoms with Crippen molar-refractivity contribution in [3.8, 4) is 0 Å². The maximum absolute atomic E-state index is 9.95. The number of aliphatic hydroxyl groups is 1. The van der Waals surface area contributed by atoms with Crippen LogP contribution in [0.5, 0.6) is 0 Å². The van der Waals surface area contributed by atoms with E-state index in [1.807, 2.05) is 0 Å². The zero-order valence-electron chi connectivity index (χ0n) is 10.9. The van der Waals surface area contributed by atoms with Crippen molar-refractivity contribution in [2.45, 2.75) is 75.9 Å². The van der Waals surface area contributed by atoms with Crippen LogP contribution in [0.1, 0.15) is 64.2 Å². The fraction of sp³-hybridized carbons (Fsp3) is 1.00. The van der Waals surface area contributed by atoms with Gasteiger partial charge in [-0.2, -0.15) is 0 Å². The molecule has 0 amide bonds. The molecular weight excluding hydrogens is 212 g/mol. The standard InChI is InChI=1S/C15H26O2/c16-14(13-4-5-13)6-3-12-7-10-17-15(11-12)8-1-2-9-15/h12-14,16H,1-11H2. The summed E-state index contributed by atoms with van der Waals surface area (Å²) in [6.45, 7) is 0.962. The van der Waals surface area contributed by atoms with Gasteiger partial charge in [0.05, 0.1) is 11.7 Å². The summed E-state index contributed by atoms with van der Waals surface area (Å²) in [4.78, 5) is 0. The molecule has 1 saturated heterocycles. The van der Waals surface area contributed by atoms with Gasteiger partial charge in [0, 0.05) is 6.61 Å². The van der Waals surface area contributed by atoms with Crippen molar-refractivity contribution in [1.29, 1.82) is 0 Å². The Morgan fingerprint density at radius 2 is 1.94 bits per heavy atom. The smallest absolute Gasteiger partial charge is 0.0685 e. The van der Waals surface area contributed by atoms with Crippen LogP contribution in [0, 0.1) is 11.8 Å². The topological polar surface area (TPSA) is 29.5 Å².